The lowest BCUT2D eigenvalue weighted by atomic mass is 9.98. The molecule has 122 valence electrons. The van der Waals surface area contributed by atoms with E-state index < -0.39 is 11.2 Å². The molecule has 0 spiro atoms. The van der Waals surface area contributed by atoms with Gasteiger partial charge in [0.2, 0.25) is 5.89 Å². The van der Waals surface area contributed by atoms with E-state index in [4.69, 9.17) is 14.3 Å². The van der Waals surface area contributed by atoms with Crippen molar-refractivity contribution in [3.05, 3.63) is 60.6 Å². The Morgan fingerprint density at radius 3 is 2.46 bits per heavy atom. The molecule has 3 aromatic rings. The molecule has 0 fully saturated rings. The highest BCUT2D eigenvalue weighted by Gasteiger charge is 2.21. The second kappa shape index (κ2) is 6.80. The SMILES string of the molecule is COc1ccc(-c2ccccc2-c2cnc(C(S)C(=O)O)o2)cc1. The van der Waals surface area contributed by atoms with Crippen LogP contribution in [0.15, 0.2) is 59.1 Å². The van der Waals surface area contributed by atoms with Crippen molar-refractivity contribution in [2.24, 2.45) is 0 Å². The molecule has 5 nitrogen and oxygen atoms in total. The molecule has 0 saturated heterocycles. The molecule has 0 amide bonds. The minimum absolute atomic E-state index is 0.0605. The molecule has 0 bridgehead atoms. The van der Waals surface area contributed by atoms with Gasteiger partial charge < -0.3 is 14.3 Å². The minimum atomic E-state index is -1.10. The Morgan fingerprint density at radius 1 is 1.17 bits per heavy atom. The summed E-state index contributed by atoms with van der Waals surface area (Å²) >= 11 is 3.99. The zero-order chi connectivity index (χ0) is 17.1. The summed E-state index contributed by atoms with van der Waals surface area (Å²) in [6.45, 7) is 0. The number of carbonyl (C=O) groups is 1. The molecule has 1 aromatic heterocycles. The summed E-state index contributed by atoms with van der Waals surface area (Å²) in [6, 6.07) is 15.4. The predicted molar refractivity (Wildman–Crippen MR) is 93.3 cm³/mol. The second-order valence-corrected chi connectivity index (χ2v) is 5.59. The van der Waals surface area contributed by atoms with Gasteiger partial charge in [-0.15, -0.1) is 0 Å². The van der Waals surface area contributed by atoms with Crippen molar-refractivity contribution in [1.82, 2.24) is 4.98 Å². The fourth-order valence-corrected chi connectivity index (χ4v) is 2.48. The van der Waals surface area contributed by atoms with Crippen molar-refractivity contribution in [1.29, 1.82) is 0 Å². The van der Waals surface area contributed by atoms with Crippen LogP contribution in [0.25, 0.3) is 22.5 Å². The molecule has 24 heavy (non-hydrogen) atoms. The molecule has 1 N–H and O–H groups in total. The van der Waals surface area contributed by atoms with E-state index in [0.29, 0.717) is 5.76 Å². The van der Waals surface area contributed by atoms with E-state index in [-0.39, 0.29) is 5.89 Å². The van der Waals surface area contributed by atoms with Gasteiger partial charge in [-0.2, -0.15) is 12.6 Å². The largest absolute Gasteiger partial charge is 0.497 e. The van der Waals surface area contributed by atoms with Gasteiger partial charge >= 0.3 is 5.97 Å². The van der Waals surface area contributed by atoms with E-state index in [1.165, 1.54) is 6.20 Å². The number of carboxylic acids is 1. The summed E-state index contributed by atoms with van der Waals surface area (Å²) in [5, 5.41) is 7.92. The smallest absolute Gasteiger partial charge is 0.325 e. The van der Waals surface area contributed by atoms with Gasteiger partial charge in [0.1, 0.15) is 5.75 Å². The van der Waals surface area contributed by atoms with Gasteiger partial charge in [0.15, 0.2) is 11.0 Å². The number of benzene rings is 2. The van der Waals surface area contributed by atoms with E-state index in [1.54, 1.807) is 7.11 Å². The second-order valence-electron chi connectivity index (χ2n) is 5.08. The highest BCUT2D eigenvalue weighted by atomic mass is 32.1. The van der Waals surface area contributed by atoms with E-state index in [9.17, 15) is 4.79 Å². The van der Waals surface area contributed by atoms with E-state index >= 15 is 0 Å². The maximum atomic E-state index is 11.0. The summed E-state index contributed by atoms with van der Waals surface area (Å²) in [7, 11) is 1.62. The number of rotatable bonds is 5. The average molecular weight is 341 g/mol. The van der Waals surface area contributed by atoms with Crippen LogP contribution >= 0.6 is 12.6 Å². The van der Waals surface area contributed by atoms with Crippen LogP contribution < -0.4 is 4.74 Å². The number of ether oxygens (including phenoxy) is 1. The molecule has 2 aromatic carbocycles. The number of thiol groups is 1. The molecule has 6 heteroatoms. The molecule has 1 heterocycles. The Kier molecular flexibility index (Phi) is 4.57. The van der Waals surface area contributed by atoms with Crippen molar-refractivity contribution in [3.63, 3.8) is 0 Å². The van der Waals surface area contributed by atoms with Crippen molar-refractivity contribution in [3.8, 4) is 28.2 Å². The predicted octanol–water partition coefficient (Wildman–Crippen LogP) is 4.07. The number of aliphatic carboxylic acids is 1. The quantitative estimate of drug-likeness (QED) is 0.684. The molecule has 1 unspecified atom stereocenters. The summed E-state index contributed by atoms with van der Waals surface area (Å²) in [4.78, 5) is 15.0. The number of aromatic nitrogens is 1. The number of oxazole rings is 1. The van der Waals surface area contributed by atoms with Gasteiger partial charge in [-0.3, -0.25) is 4.79 Å². The molecule has 0 aliphatic rings. The van der Waals surface area contributed by atoms with E-state index in [1.807, 2.05) is 48.5 Å². The monoisotopic (exact) mass is 341 g/mol. The van der Waals surface area contributed by atoms with Gasteiger partial charge in [0.25, 0.3) is 0 Å². The zero-order valence-electron chi connectivity index (χ0n) is 12.8. The van der Waals surface area contributed by atoms with E-state index in [0.717, 1.165) is 22.4 Å². The van der Waals surface area contributed by atoms with Crippen LogP contribution in [-0.2, 0) is 4.79 Å². The molecule has 0 radical (unpaired) electrons. The maximum Gasteiger partial charge on any atom is 0.325 e. The number of hydrogen-bond donors (Lipinski definition) is 2. The number of nitrogens with zero attached hydrogens (tertiary/aromatic N) is 1. The lowest BCUT2D eigenvalue weighted by Crippen LogP contribution is -2.04. The Morgan fingerprint density at radius 2 is 1.83 bits per heavy atom. The van der Waals surface area contributed by atoms with Crippen molar-refractivity contribution in [2.75, 3.05) is 7.11 Å². The van der Waals surface area contributed by atoms with Crippen molar-refractivity contribution >= 4 is 18.6 Å². The van der Waals surface area contributed by atoms with Crippen molar-refractivity contribution in [2.45, 2.75) is 5.25 Å². The standard InChI is InChI=1S/C18H15NO4S/c1-22-12-8-6-11(7-9-12)13-4-2-3-5-14(13)15-10-19-17(23-15)16(24)18(20)21/h2-10,16,24H,1H3,(H,20,21). The minimum Gasteiger partial charge on any atom is -0.497 e. The lowest BCUT2D eigenvalue weighted by molar-refractivity contribution is -0.136. The first kappa shape index (κ1) is 16.1. The molecule has 0 aliphatic heterocycles. The van der Waals surface area contributed by atoms with Crippen LogP contribution in [0.3, 0.4) is 0 Å². The van der Waals surface area contributed by atoms with Crippen LogP contribution in [0.1, 0.15) is 11.1 Å². The Hall–Kier alpha value is -2.73. The normalized spacial score (nSPS) is 11.9. The van der Waals surface area contributed by atoms with Gasteiger partial charge in [0, 0.05) is 5.56 Å². The highest BCUT2D eigenvalue weighted by molar-refractivity contribution is 7.81. The maximum absolute atomic E-state index is 11.0. The molecule has 0 aliphatic carbocycles. The summed E-state index contributed by atoms with van der Waals surface area (Å²) in [5.74, 6) is 0.231. The number of carboxylic acid groups (broad SMARTS) is 1. The van der Waals surface area contributed by atoms with Crippen molar-refractivity contribution < 1.29 is 19.1 Å². The third kappa shape index (κ3) is 3.14. The topological polar surface area (TPSA) is 72.6 Å². The highest BCUT2D eigenvalue weighted by Crippen LogP contribution is 2.34. The van der Waals surface area contributed by atoms with Crippen LogP contribution in [-0.4, -0.2) is 23.2 Å². The molecular weight excluding hydrogens is 326 g/mol. The van der Waals surface area contributed by atoms with Crippen LogP contribution in [0.4, 0.5) is 0 Å². The molecule has 3 rings (SSSR count). The van der Waals surface area contributed by atoms with Gasteiger partial charge in [-0.1, -0.05) is 36.4 Å². The fourth-order valence-electron chi connectivity index (χ4n) is 2.36. The third-order valence-corrected chi connectivity index (χ3v) is 4.03. The van der Waals surface area contributed by atoms with Crippen LogP contribution in [0.5, 0.6) is 5.75 Å². The first-order valence-corrected chi connectivity index (χ1v) is 7.72. The Balaban J connectivity index is 2.01. The lowest BCUT2D eigenvalue weighted by Gasteiger charge is -2.08. The summed E-state index contributed by atoms with van der Waals surface area (Å²) < 4.78 is 10.8. The summed E-state index contributed by atoms with van der Waals surface area (Å²) in [6.07, 6.45) is 1.52. The van der Waals surface area contributed by atoms with Gasteiger partial charge in [0.05, 0.1) is 13.3 Å². The first-order valence-electron chi connectivity index (χ1n) is 7.20. The zero-order valence-corrected chi connectivity index (χ0v) is 13.7. The third-order valence-electron chi connectivity index (χ3n) is 3.58. The Labute approximate surface area is 144 Å². The van der Waals surface area contributed by atoms with Crippen LogP contribution in [0, 0.1) is 0 Å². The molecule has 1 atom stereocenters. The van der Waals surface area contributed by atoms with Gasteiger partial charge in [-0.25, -0.2) is 4.98 Å². The molecular formula is C18H15NO4S. The summed E-state index contributed by atoms with van der Waals surface area (Å²) in [5.41, 5.74) is 2.77. The molecule has 0 saturated carbocycles. The number of methoxy groups -OCH3 is 1. The fraction of sp³-hybridized carbons (Fsp3) is 0.111. The average Bonchev–Trinajstić information content (AvgIpc) is 3.11. The van der Waals surface area contributed by atoms with Crippen LogP contribution in [0.2, 0.25) is 0 Å². The number of hydrogen-bond acceptors (Lipinski definition) is 5. The Bertz CT molecular complexity index is 857. The van der Waals surface area contributed by atoms with E-state index in [2.05, 4.69) is 17.6 Å². The van der Waals surface area contributed by atoms with Gasteiger partial charge in [-0.05, 0) is 23.3 Å². The first-order chi connectivity index (χ1) is 11.6.